The number of aromatic nitrogens is 1. The van der Waals surface area contributed by atoms with Crippen molar-refractivity contribution in [3.8, 4) is 0 Å². The van der Waals surface area contributed by atoms with Gasteiger partial charge < -0.3 is 14.3 Å². The Morgan fingerprint density at radius 1 is 1.05 bits per heavy atom. The summed E-state index contributed by atoms with van der Waals surface area (Å²) in [6.07, 6.45) is 2.79. The molecule has 1 aromatic carbocycles. The minimum atomic E-state index is -4.44. The van der Waals surface area contributed by atoms with E-state index in [1.165, 1.54) is 17.7 Å². The van der Waals surface area contributed by atoms with Crippen LogP contribution in [0.5, 0.6) is 0 Å². The highest BCUT2D eigenvalue weighted by atomic mass is 28.4. The summed E-state index contributed by atoms with van der Waals surface area (Å²) in [5.74, 6) is 1.07. The van der Waals surface area contributed by atoms with Crippen LogP contribution >= 0.6 is 0 Å². The molecule has 8 heteroatoms. The summed E-state index contributed by atoms with van der Waals surface area (Å²) < 4.78 is 53.0. The zero-order valence-corrected chi connectivity index (χ0v) is 27.8. The third kappa shape index (κ3) is 6.62. The Labute approximate surface area is 256 Å². The van der Waals surface area contributed by atoms with Crippen LogP contribution in [-0.2, 0) is 28.2 Å². The number of hydrogen-bond acceptors (Lipinski definition) is 4. The fourth-order valence-corrected chi connectivity index (χ4v) is 7.79. The number of allylic oxidation sites excluding steroid dienone is 2. The van der Waals surface area contributed by atoms with E-state index in [1.807, 2.05) is 0 Å². The van der Waals surface area contributed by atoms with E-state index in [0.717, 1.165) is 85.4 Å². The highest BCUT2D eigenvalue weighted by Crippen LogP contribution is 2.50. The molecular formula is C35H48F3NO3Si. The van der Waals surface area contributed by atoms with E-state index in [9.17, 15) is 18.3 Å². The van der Waals surface area contributed by atoms with Crippen molar-refractivity contribution in [1.29, 1.82) is 0 Å². The van der Waals surface area contributed by atoms with Crippen molar-refractivity contribution in [3.05, 3.63) is 75.3 Å². The van der Waals surface area contributed by atoms with Crippen molar-refractivity contribution >= 4 is 8.32 Å². The smallest absolute Gasteiger partial charge is 0.416 e. The van der Waals surface area contributed by atoms with Crippen LogP contribution in [-0.4, -0.2) is 31.6 Å². The molecular weight excluding hydrogens is 567 g/mol. The van der Waals surface area contributed by atoms with Crippen LogP contribution in [0.15, 0.2) is 36.1 Å². The number of fused-ring (bicyclic) bond motifs is 1. The number of hydrogen-bond donors (Lipinski definition) is 1. The average molecular weight is 616 g/mol. The molecule has 236 valence electrons. The molecule has 1 fully saturated rings. The minimum Gasteiger partial charge on any atom is -0.546 e. The molecule has 1 saturated heterocycles. The lowest BCUT2D eigenvalue weighted by molar-refractivity contribution is -0.137. The fraction of sp³-hybridized carbons (Fsp3) is 0.629. The second kappa shape index (κ2) is 11.6. The summed E-state index contributed by atoms with van der Waals surface area (Å²) >= 11 is 0. The van der Waals surface area contributed by atoms with E-state index in [-0.39, 0.29) is 22.3 Å². The van der Waals surface area contributed by atoms with Crippen LogP contribution in [0.25, 0.3) is 0 Å². The Hall–Kier alpha value is -2.16. The van der Waals surface area contributed by atoms with Crippen molar-refractivity contribution in [2.75, 3.05) is 13.2 Å². The van der Waals surface area contributed by atoms with Gasteiger partial charge in [-0.05, 0) is 103 Å². The van der Waals surface area contributed by atoms with Gasteiger partial charge in [-0.25, -0.2) is 0 Å². The summed E-state index contributed by atoms with van der Waals surface area (Å²) in [4.78, 5) is 5.36. The van der Waals surface area contributed by atoms with Crippen molar-refractivity contribution in [2.24, 2.45) is 5.41 Å². The second-order valence-electron chi connectivity index (χ2n) is 15.1. The van der Waals surface area contributed by atoms with Gasteiger partial charge in [0.25, 0.3) is 0 Å². The van der Waals surface area contributed by atoms with Gasteiger partial charge in [-0.3, -0.25) is 4.98 Å². The van der Waals surface area contributed by atoms with Gasteiger partial charge in [0, 0.05) is 36.3 Å². The number of rotatable bonds is 6. The highest BCUT2D eigenvalue weighted by molar-refractivity contribution is 6.74. The van der Waals surface area contributed by atoms with Crippen molar-refractivity contribution in [1.82, 2.24) is 4.98 Å². The topological polar surface area (TPSA) is 51.6 Å². The van der Waals surface area contributed by atoms with E-state index in [1.54, 1.807) is 0 Å². The van der Waals surface area contributed by atoms with E-state index in [2.05, 4.69) is 53.8 Å². The molecule has 0 amide bonds. The van der Waals surface area contributed by atoms with Gasteiger partial charge >= 0.3 is 6.18 Å². The highest BCUT2D eigenvalue weighted by Gasteiger charge is 2.43. The first-order chi connectivity index (χ1) is 20.0. The maximum Gasteiger partial charge on any atom is 0.416 e. The molecule has 2 aromatic rings. The van der Waals surface area contributed by atoms with Crippen LogP contribution < -0.4 is 0 Å². The standard InChI is InChI=1S/C35H48F3NO3Si/c1-33(2,3)43(6,7)42-28-10-8-9-26(28)29-25-15-18-34(4,5)21-27(25)39-31(22-16-19-41-20-17-22)30(29)32(40)23-11-13-24(14-12-23)35(36,37)38/h10-14,22,26,32,40H,8-9,15-21H2,1-7H3/t26-,32-/m1/s1. The lowest BCUT2D eigenvalue weighted by Gasteiger charge is -2.40. The first-order valence-corrected chi connectivity index (χ1v) is 18.8. The van der Waals surface area contributed by atoms with Gasteiger partial charge in [0.05, 0.1) is 17.0 Å². The third-order valence-corrected chi connectivity index (χ3v) is 14.7. The summed E-state index contributed by atoms with van der Waals surface area (Å²) in [5.41, 5.74) is 4.93. The third-order valence-electron chi connectivity index (χ3n) is 10.3. The SMILES string of the molecule is CC1(C)CCc2c(nc(C3CCOCC3)c([C@H](O)c3ccc(C(F)(F)F)cc3)c2[C@@H]2CCC=C2O[Si](C)(C)C(C)(C)C)C1. The number of aliphatic hydroxyl groups excluding tert-OH is 1. The lowest BCUT2D eigenvalue weighted by atomic mass is 9.71. The van der Waals surface area contributed by atoms with Gasteiger partial charge in [0.2, 0.25) is 8.32 Å². The van der Waals surface area contributed by atoms with E-state index >= 15 is 0 Å². The predicted octanol–water partition coefficient (Wildman–Crippen LogP) is 9.37. The van der Waals surface area contributed by atoms with Crippen LogP contribution in [0.4, 0.5) is 13.2 Å². The Balaban J connectivity index is 1.71. The summed E-state index contributed by atoms with van der Waals surface area (Å²) in [7, 11) is -2.15. The number of aliphatic hydroxyl groups is 1. The molecule has 2 heterocycles. The van der Waals surface area contributed by atoms with Crippen molar-refractivity contribution in [2.45, 2.75) is 122 Å². The lowest BCUT2D eigenvalue weighted by Crippen LogP contribution is -2.41. The Morgan fingerprint density at radius 2 is 1.70 bits per heavy atom. The zero-order chi connectivity index (χ0) is 31.4. The number of alkyl halides is 3. The van der Waals surface area contributed by atoms with Crippen LogP contribution in [0.1, 0.15) is 124 Å². The zero-order valence-electron chi connectivity index (χ0n) is 26.8. The molecule has 1 aliphatic heterocycles. The molecule has 2 atom stereocenters. The Bertz CT molecular complexity index is 1350. The number of halogens is 3. The molecule has 1 aromatic heterocycles. The number of nitrogens with zero attached hydrogens (tertiary/aromatic N) is 1. The minimum absolute atomic E-state index is 0.0234. The van der Waals surface area contributed by atoms with E-state index in [4.69, 9.17) is 14.1 Å². The molecule has 1 N–H and O–H groups in total. The quantitative estimate of drug-likeness (QED) is 0.329. The van der Waals surface area contributed by atoms with Gasteiger partial charge in [0.1, 0.15) is 6.10 Å². The largest absolute Gasteiger partial charge is 0.546 e. The Morgan fingerprint density at radius 3 is 2.30 bits per heavy atom. The molecule has 5 rings (SSSR count). The normalized spacial score (nSPS) is 22.2. The average Bonchev–Trinajstić information content (AvgIpc) is 3.37. The molecule has 4 nitrogen and oxygen atoms in total. The van der Waals surface area contributed by atoms with Crippen LogP contribution in [0.3, 0.4) is 0 Å². The van der Waals surface area contributed by atoms with Gasteiger partial charge in [0.15, 0.2) is 0 Å². The van der Waals surface area contributed by atoms with E-state index in [0.29, 0.717) is 18.8 Å². The second-order valence-corrected chi connectivity index (χ2v) is 19.8. The molecule has 3 aliphatic rings. The van der Waals surface area contributed by atoms with Gasteiger partial charge in [-0.2, -0.15) is 13.2 Å². The number of pyridine rings is 1. The molecule has 0 radical (unpaired) electrons. The first kappa shape index (κ1) is 32.2. The van der Waals surface area contributed by atoms with E-state index < -0.39 is 26.2 Å². The first-order valence-electron chi connectivity index (χ1n) is 15.9. The fourth-order valence-electron chi connectivity index (χ4n) is 6.67. The summed E-state index contributed by atoms with van der Waals surface area (Å²) in [5, 5.41) is 12.2. The maximum atomic E-state index is 13.4. The maximum absolute atomic E-state index is 13.4. The van der Waals surface area contributed by atoms with Gasteiger partial charge in [-0.15, -0.1) is 0 Å². The molecule has 0 saturated carbocycles. The van der Waals surface area contributed by atoms with Gasteiger partial charge in [-0.1, -0.05) is 46.8 Å². The molecule has 0 unspecified atom stereocenters. The van der Waals surface area contributed by atoms with Crippen molar-refractivity contribution in [3.63, 3.8) is 0 Å². The summed E-state index contributed by atoms with van der Waals surface area (Å²) in [6, 6.07) is 4.99. The molecule has 2 aliphatic carbocycles. The predicted molar refractivity (Wildman–Crippen MR) is 167 cm³/mol. The molecule has 43 heavy (non-hydrogen) atoms. The van der Waals surface area contributed by atoms with Crippen LogP contribution in [0.2, 0.25) is 18.1 Å². The molecule has 0 spiro atoms. The number of ether oxygens (including phenoxy) is 1. The Kier molecular flexibility index (Phi) is 8.73. The van der Waals surface area contributed by atoms with Crippen molar-refractivity contribution < 1.29 is 27.4 Å². The molecule has 0 bridgehead atoms. The monoisotopic (exact) mass is 615 g/mol. The van der Waals surface area contributed by atoms with Crippen LogP contribution in [0, 0.1) is 5.41 Å². The summed E-state index contributed by atoms with van der Waals surface area (Å²) in [6.45, 7) is 17.1. The number of benzene rings is 1.